The Hall–Kier alpha value is -1.38. The van der Waals surface area contributed by atoms with Crippen LogP contribution in [-0.4, -0.2) is 55.7 Å². The van der Waals surface area contributed by atoms with Crippen molar-refractivity contribution in [1.29, 1.82) is 0 Å². The lowest BCUT2D eigenvalue weighted by atomic mass is 10.1. The molecule has 130 valence electrons. The van der Waals surface area contributed by atoms with E-state index in [9.17, 15) is 22.4 Å². The van der Waals surface area contributed by atoms with Gasteiger partial charge in [-0.3, -0.25) is 9.69 Å². The SMILES string of the molecule is Cl.O=C(NCC(N1CCNCC1)C(F)(F)F)c1cccc(F)c1. The van der Waals surface area contributed by atoms with Gasteiger partial charge in [-0.05, 0) is 18.2 Å². The number of benzene rings is 1. The van der Waals surface area contributed by atoms with Crippen LogP contribution in [0.3, 0.4) is 0 Å². The lowest BCUT2D eigenvalue weighted by Crippen LogP contribution is -2.57. The fourth-order valence-electron chi connectivity index (χ4n) is 2.37. The van der Waals surface area contributed by atoms with Gasteiger partial charge < -0.3 is 10.6 Å². The van der Waals surface area contributed by atoms with E-state index in [1.165, 1.54) is 17.0 Å². The molecule has 4 nitrogen and oxygen atoms in total. The van der Waals surface area contributed by atoms with Crippen molar-refractivity contribution in [3.63, 3.8) is 0 Å². The molecule has 0 radical (unpaired) electrons. The molecule has 1 aromatic rings. The van der Waals surface area contributed by atoms with E-state index in [4.69, 9.17) is 0 Å². The maximum Gasteiger partial charge on any atom is 0.405 e. The molecule has 1 aliphatic rings. The van der Waals surface area contributed by atoms with E-state index in [0.717, 1.165) is 12.1 Å². The molecule has 9 heteroatoms. The number of hydrogen-bond donors (Lipinski definition) is 2. The maximum atomic E-state index is 13.1. The normalized spacial score (nSPS) is 17.2. The highest BCUT2D eigenvalue weighted by molar-refractivity contribution is 5.94. The molecule has 0 aliphatic carbocycles. The Bertz CT molecular complexity index is 521. The van der Waals surface area contributed by atoms with Crippen molar-refractivity contribution < 1.29 is 22.4 Å². The summed E-state index contributed by atoms with van der Waals surface area (Å²) < 4.78 is 52.5. The van der Waals surface area contributed by atoms with Crippen molar-refractivity contribution in [1.82, 2.24) is 15.5 Å². The number of rotatable bonds is 4. The number of carbonyl (C=O) groups excluding carboxylic acids is 1. The van der Waals surface area contributed by atoms with Gasteiger partial charge in [0.25, 0.3) is 5.91 Å². The molecule has 23 heavy (non-hydrogen) atoms. The van der Waals surface area contributed by atoms with Crippen LogP contribution < -0.4 is 10.6 Å². The van der Waals surface area contributed by atoms with E-state index in [2.05, 4.69) is 10.6 Å². The largest absolute Gasteiger partial charge is 0.405 e. The summed E-state index contributed by atoms with van der Waals surface area (Å²) in [5.41, 5.74) is 0.00114. The van der Waals surface area contributed by atoms with E-state index >= 15 is 0 Å². The van der Waals surface area contributed by atoms with Crippen LogP contribution in [0.2, 0.25) is 0 Å². The summed E-state index contributed by atoms with van der Waals surface area (Å²) >= 11 is 0. The van der Waals surface area contributed by atoms with Crippen LogP contribution in [0, 0.1) is 5.82 Å². The molecule has 0 spiro atoms. The predicted octanol–water partition coefficient (Wildman–Crippen LogP) is 1.81. The van der Waals surface area contributed by atoms with E-state index in [1.54, 1.807) is 0 Å². The summed E-state index contributed by atoms with van der Waals surface area (Å²) in [5.74, 6) is -1.33. The molecule has 0 bridgehead atoms. The van der Waals surface area contributed by atoms with E-state index < -0.39 is 30.5 Å². The van der Waals surface area contributed by atoms with Gasteiger partial charge in [0.15, 0.2) is 0 Å². The van der Waals surface area contributed by atoms with Crippen LogP contribution in [0.25, 0.3) is 0 Å². The molecule has 1 unspecified atom stereocenters. The molecule has 1 atom stereocenters. The highest BCUT2D eigenvalue weighted by Crippen LogP contribution is 2.24. The molecular weight excluding hydrogens is 338 g/mol. The van der Waals surface area contributed by atoms with Crippen molar-refractivity contribution >= 4 is 18.3 Å². The number of nitrogens with zero attached hydrogens (tertiary/aromatic N) is 1. The van der Waals surface area contributed by atoms with E-state index in [-0.39, 0.29) is 31.1 Å². The van der Waals surface area contributed by atoms with Gasteiger partial charge in [-0.15, -0.1) is 12.4 Å². The highest BCUT2D eigenvalue weighted by atomic mass is 35.5. The number of piperazine rings is 1. The van der Waals surface area contributed by atoms with Gasteiger partial charge in [0.2, 0.25) is 0 Å². The van der Waals surface area contributed by atoms with Crippen molar-refractivity contribution in [2.45, 2.75) is 12.2 Å². The second-order valence-electron chi connectivity index (χ2n) is 5.06. The van der Waals surface area contributed by atoms with E-state index in [0.29, 0.717) is 13.1 Å². The lowest BCUT2D eigenvalue weighted by Gasteiger charge is -2.35. The summed E-state index contributed by atoms with van der Waals surface area (Å²) in [7, 11) is 0. The molecular formula is C14H18ClF4N3O. The van der Waals surface area contributed by atoms with Gasteiger partial charge in [0, 0.05) is 38.3 Å². The van der Waals surface area contributed by atoms with Gasteiger partial charge in [-0.25, -0.2) is 4.39 Å². The number of carbonyl (C=O) groups is 1. The van der Waals surface area contributed by atoms with Crippen molar-refractivity contribution in [3.8, 4) is 0 Å². The minimum Gasteiger partial charge on any atom is -0.350 e. The molecule has 2 N–H and O–H groups in total. The summed E-state index contributed by atoms with van der Waals surface area (Å²) in [6.07, 6.45) is -4.44. The van der Waals surface area contributed by atoms with E-state index in [1.807, 2.05) is 0 Å². The third-order valence-corrected chi connectivity index (χ3v) is 3.51. The molecule has 0 saturated carbocycles. The van der Waals surface area contributed by atoms with Crippen molar-refractivity contribution in [2.75, 3.05) is 32.7 Å². The average molecular weight is 356 g/mol. The third-order valence-electron chi connectivity index (χ3n) is 3.51. The minimum atomic E-state index is -4.44. The molecule has 1 aliphatic heterocycles. The molecule has 1 heterocycles. The third kappa shape index (κ3) is 5.63. The average Bonchev–Trinajstić information content (AvgIpc) is 2.47. The second kappa shape index (κ2) is 8.47. The van der Waals surface area contributed by atoms with Crippen LogP contribution in [0.1, 0.15) is 10.4 Å². The standard InChI is InChI=1S/C14H17F4N3O.ClH/c15-11-3-1-2-10(8-11)13(22)20-9-12(14(16,17)18)21-6-4-19-5-7-21;/h1-3,8,12,19H,4-7,9H2,(H,20,22);1H. The second-order valence-corrected chi connectivity index (χ2v) is 5.06. The first kappa shape index (κ1) is 19.7. The van der Waals surface area contributed by atoms with Crippen LogP contribution in [0.4, 0.5) is 17.6 Å². The van der Waals surface area contributed by atoms with Gasteiger partial charge in [-0.2, -0.15) is 13.2 Å². The predicted molar refractivity (Wildman–Crippen MR) is 80.3 cm³/mol. The Balaban J connectivity index is 0.00000264. The molecule has 0 aromatic heterocycles. The fraction of sp³-hybridized carbons (Fsp3) is 0.500. The Morgan fingerprint density at radius 3 is 2.52 bits per heavy atom. The fourth-order valence-corrected chi connectivity index (χ4v) is 2.37. The van der Waals surface area contributed by atoms with Gasteiger partial charge in [0.05, 0.1) is 0 Å². The first-order chi connectivity index (χ1) is 10.4. The smallest absolute Gasteiger partial charge is 0.350 e. The zero-order chi connectivity index (χ0) is 16.2. The number of nitrogens with one attached hydrogen (secondary N) is 2. The Labute approximate surface area is 137 Å². The summed E-state index contributed by atoms with van der Waals surface area (Å²) in [6.45, 7) is 0.924. The summed E-state index contributed by atoms with van der Waals surface area (Å²) in [4.78, 5) is 13.1. The molecule has 1 aromatic carbocycles. The molecule has 2 rings (SSSR count). The quantitative estimate of drug-likeness (QED) is 0.810. The topological polar surface area (TPSA) is 44.4 Å². The number of amides is 1. The van der Waals surface area contributed by atoms with Crippen LogP contribution in [0.5, 0.6) is 0 Å². The van der Waals surface area contributed by atoms with Crippen LogP contribution >= 0.6 is 12.4 Å². The Morgan fingerprint density at radius 2 is 1.96 bits per heavy atom. The Kier molecular flexibility index (Phi) is 7.24. The lowest BCUT2D eigenvalue weighted by molar-refractivity contribution is -0.183. The highest BCUT2D eigenvalue weighted by Gasteiger charge is 2.43. The van der Waals surface area contributed by atoms with Gasteiger partial charge in [-0.1, -0.05) is 6.07 Å². The van der Waals surface area contributed by atoms with Crippen molar-refractivity contribution in [2.24, 2.45) is 0 Å². The van der Waals surface area contributed by atoms with Crippen LogP contribution in [-0.2, 0) is 0 Å². The van der Waals surface area contributed by atoms with Crippen molar-refractivity contribution in [3.05, 3.63) is 35.6 Å². The maximum absolute atomic E-state index is 13.1. The minimum absolute atomic E-state index is 0. The molecule has 1 fully saturated rings. The summed E-state index contributed by atoms with van der Waals surface area (Å²) in [5, 5.41) is 5.22. The first-order valence-corrected chi connectivity index (χ1v) is 6.93. The first-order valence-electron chi connectivity index (χ1n) is 6.93. The monoisotopic (exact) mass is 355 g/mol. The molecule has 1 amide bonds. The number of halogens is 5. The number of alkyl halides is 3. The van der Waals surface area contributed by atoms with Gasteiger partial charge >= 0.3 is 6.18 Å². The van der Waals surface area contributed by atoms with Gasteiger partial charge in [0.1, 0.15) is 11.9 Å². The zero-order valence-corrected chi connectivity index (χ0v) is 13.0. The molecule has 1 saturated heterocycles. The number of hydrogen-bond acceptors (Lipinski definition) is 3. The van der Waals surface area contributed by atoms with Crippen LogP contribution in [0.15, 0.2) is 24.3 Å². The summed E-state index contributed by atoms with van der Waals surface area (Å²) in [6, 6.07) is 3.10. The zero-order valence-electron chi connectivity index (χ0n) is 12.2. The Morgan fingerprint density at radius 1 is 1.30 bits per heavy atom.